The number of aliphatic hydroxyl groups is 1. The maximum absolute atomic E-state index is 10.6. The van der Waals surface area contributed by atoms with E-state index in [9.17, 15) is 5.11 Å². The van der Waals surface area contributed by atoms with Crippen LogP contribution in [0.25, 0.3) is 11.3 Å². The van der Waals surface area contributed by atoms with Crippen LogP contribution in [0.4, 0.5) is 0 Å². The molecule has 0 aliphatic rings. The number of nitrogens with zero attached hydrogens (tertiary/aromatic N) is 3. The van der Waals surface area contributed by atoms with E-state index in [0.717, 1.165) is 29.0 Å². The molecule has 3 rings (SSSR count). The molecule has 0 unspecified atom stereocenters. The van der Waals surface area contributed by atoms with Crippen LogP contribution >= 0.6 is 0 Å². The first-order valence-electron chi connectivity index (χ1n) is 11.5. The molecular formula is C27H35N3O3. The fraction of sp³-hybridized carbons (Fsp3) is 0.370. The van der Waals surface area contributed by atoms with Gasteiger partial charge in [0.1, 0.15) is 11.4 Å². The molecule has 0 amide bonds. The van der Waals surface area contributed by atoms with E-state index in [-0.39, 0.29) is 12.6 Å². The highest BCUT2D eigenvalue weighted by molar-refractivity contribution is 5.65. The predicted octanol–water partition coefficient (Wildman–Crippen LogP) is 5.04. The number of rotatable bonds is 13. The van der Waals surface area contributed by atoms with Crippen LogP contribution in [0.15, 0.2) is 73.3 Å². The zero-order valence-electron chi connectivity index (χ0n) is 19.9. The van der Waals surface area contributed by atoms with E-state index in [1.165, 1.54) is 0 Å². The van der Waals surface area contributed by atoms with Crippen LogP contribution in [0.3, 0.4) is 0 Å². The molecule has 2 aromatic carbocycles. The summed E-state index contributed by atoms with van der Waals surface area (Å²) in [6.07, 6.45) is 2.04. The Labute approximate surface area is 197 Å². The maximum atomic E-state index is 10.6. The van der Waals surface area contributed by atoms with Gasteiger partial charge in [0, 0.05) is 31.7 Å². The van der Waals surface area contributed by atoms with E-state index >= 15 is 0 Å². The van der Waals surface area contributed by atoms with Crippen molar-refractivity contribution in [2.75, 3.05) is 19.8 Å². The van der Waals surface area contributed by atoms with E-state index in [4.69, 9.17) is 14.6 Å². The zero-order chi connectivity index (χ0) is 23.6. The molecule has 0 spiro atoms. The molecule has 3 aromatic rings. The Morgan fingerprint density at radius 2 is 1.79 bits per heavy atom. The summed E-state index contributed by atoms with van der Waals surface area (Å²) >= 11 is 0. The van der Waals surface area contributed by atoms with E-state index in [1.807, 2.05) is 55.6 Å². The van der Waals surface area contributed by atoms with Gasteiger partial charge in [0.25, 0.3) is 0 Å². The minimum Gasteiger partial charge on any atom is -0.439 e. The highest BCUT2D eigenvalue weighted by atomic mass is 16.5. The molecule has 6 nitrogen and oxygen atoms in total. The first kappa shape index (κ1) is 24.7. The van der Waals surface area contributed by atoms with Gasteiger partial charge in [-0.15, -0.1) is 6.58 Å². The molecule has 0 fully saturated rings. The lowest BCUT2D eigenvalue weighted by atomic mass is 10.1. The van der Waals surface area contributed by atoms with Crippen LogP contribution in [-0.4, -0.2) is 51.7 Å². The minimum atomic E-state index is -0.603. The van der Waals surface area contributed by atoms with E-state index < -0.39 is 6.10 Å². The van der Waals surface area contributed by atoms with Gasteiger partial charge < -0.3 is 14.6 Å². The molecule has 6 heteroatoms. The highest BCUT2D eigenvalue weighted by Crippen LogP contribution is 2.34. The monoisotopic (exact) mass is 449 g/mol. The Hall–Kier alpha value is -2.93. The average Bonchev–Trinajstić information content (AvgIpc) is 3.14. The first-order valence-corrected chi connectivity index (χ1v) is 11.5. The third-order valence-electron chi connectivity index (χ3n) is 5.66. The summed E-state index contributed by atoms with van der Waals surface area (Å²) in [5.74, 6) is 1.46. The first-order chi connectivity index (χ1) is 16.0. The van der Waals surface area contributed by atoms with Crippen molar-refractivity contribution in [2.45, 2.75) is 39.0 Å². The summed E-state index contributed by atoms with van der Waals surface area (Å²) in [5.41, 5.74) is 2.91. The second-order valence-electron chi connectivity index (χ2n) is 8.20. The molecular weight excluding hydrogens is 414 g/mol. The summed E-state index contributed by atoms with van der Waals surface area (Å²) in [7, 11) is 1.90. The van der Waals surface area contributed by atoms with Crippen molar-refractivity contribution >= 4 is 0 Å². The second kappa shape index (κ2) is 12.3. The summed E-state index contributed by atoms with van der Waals surface area (Å²) in [4.78, 5) is 2.27. The lowest BCUT2D eigenvalue weighted by Crippen LogP contribution is -2.40. The average molecular weight is 450 g/mol. The van der Waals surface area contributed by atoms with Crippen molar-refractivity contribution in [1.82, 2.24) is 14.7 Å². The van der Waals surface area contributed by atoms with Crippen molar-refractivity contribution < 1.29 is 14.6 Å². The molecule has 0 saturated heterocycles. The van der Waals surface area contributed by atoms with Crippen molar-refractivity contribution in [3.63, 3.8) is 0 Å². The van der Waals surface area contributed by atoms with Crippen LogP contribution in [0.5, 0.6) is 11.6 Å². The van der Waals surface area contributed by atoms with E-state index in [2.05, 4.69) is 37.5 Å². The molecule has 1 N–H and O–H groups in total. The summed E-state index contributed by atoms with van der Waals surface area (Å²) in [6.45, 7) is 9.76. The SMILES string of the molecule is C=CCOC[C@@H](O)CN(Cc1c(-c2ccccc2)nn(C)c1Oc1ccccc1)[C@H](C)CC. The smallest absolute Gasteiger partial charge is 0.222 e. The number of hydrogen-bond donors (Lipinski definition) is 1. The lowest BCUT2D eigenvalue weighted by Gasteiger charge is -2.30. The Balaban J connectivity index is 1.95. The number of benzene rings is 2. The van der Waals surface area contributed by atoms with Gasteiger partial charge in [-0.1, -0.05) is 61.5 Å². The molecule has 176 valence electrons. The van der Waals surface area contributed by atoms with Crippen molar-refractivity contribution in [1.29, 1.82) is 0 Å². The molecule has 33 heavy (non-hydrogen) atoms. The van der Waals surface area contributed by atoms with Crippen molar-refractivity contribution in [3.05, 3.63) is 78.9 Å². The van der Waals surface area contributed by atoms with Gasteiger partial charge in [-0.3, -0.25) is 4.90 Å². The summed E-state index contributed by atoms with van der Waals surface area (Å²) in [5, 5.41) is 15.4. The van der Waals surface area contributed by atoms with E-state index in [1.54, 1.807) is 10.8 Å². The number of aliphatic hydroxyl groups excluding tert-OH is 1. The van der Waals surface area contributed by atoms with Crippen molar-refractivity contribution in [3.8, 4) is 22.9 Å². The van der Waals surface area contributed by atoms with Gasteiger partial charge in [-0.2, -0.15) is 5.10 Å². The zero-order valence-corrected chi connectivity index (χ0v) is 19.9. The molecule has 2 atom stereocenters. The fourth-order valence-corrected chi connectivity index (χ4v) is 3.72. The van der Waals surface area contributed by atoms with E-state index in [0.29, 0.717) is 25.6 Å². The normalized spacial score (nSPS) is 13.1. The fourth-order valence-electron chi connectivity index (χ4n) is 3.72. The topological polar surface area (TPSA) is 59.8 Å². The van der Waals surface area contributed by atoms with Gasteiger partial charge in [0.05, 0.1) is 24.9 Å². The third-order valence-corrected chi connectivity index (χ3v) is 5.66. The van der Waals surface area contributed by atoms with Crippen LogP contribution < -0.4 is 4.74 Å². The van der Waals surface area contributed by atoms with Crippen molar-refractivity contribution in [2.24, 2.45) is 7.05 Å². The predicted molar refractivity (Wildman–Crippen MR) is 132 cm³/mol. The van der Waals surface area contributed by atoms with Gasteiger partial charge >= 0.3 is 0 Å². The minimum absolute atomic E-state index is 0.257. The second-order valence-corrected chi connectivity index (χ2v) is 8.20. The molecule has 1 heterocycles. The molecule has 0 saturated carbocycles. The van der Waals surface area contributed by atoms with Crippen LogP contribution in [0.1, 0.15) is 25.8 Å². The highest BCUT2D eigenvalue weighted by Gasteiger charge is 2.25. The summed E-state index contributed by atoms with van der Waals surface area (Å²) in [6, 6.07) is 20.1. The quantitative estimate of drug-likeness (QED) is 0.293. The van der Waals surface area contributed by atoms with Gasteiger partial charge in [-0.05, 0) is 25.5 Å². The standard InChI is InChI=1S/C27H35N3O3/c1-5-17-32-20-23(31)18-30(21(3)6-2)19-25-26(22-13-9-7-10-14-22)28-29(4)27(25)33-24-15-11-8-12-16-24/h5,7-16,21,23,31H,1,6,17-20H2,2-4H3/t21-,23+/m1/s1. The largest absolute Gasteiger partial charge is 0.439 e. The summed E-state index contributed by atoms with van der Waals surface area (Å²) < 4.78 is 13.6. The van der Waals surface area contributed by atoms with Crippen LogP contribution in [0.2, 0.25) is 0 Å². The van der Waals surface area contributed by atoms with Crippen LogP contribution in [-0.2, 0) is 18.3 Å². The number of para-hydroxylation sites is 1. The molecule has 1 aromatic heterocycles. The number of hydrogen-bond acceptors (Lipinski definition) is 5. The van der Waals surface area contributed by atoms with Gasteiger partial charge in [-0.25, -0.2) is 4.68 Å². The molecule has 0 bridgehead atoms. The molecule has 0 radical (unpaired) electrons. The maximum Gasteiger partial charge on any atom is 0.222 e. The number of aromatic nitrogens is 2. The third kappa shape index (κ3) is 6.78. The van der Waals surface area contributed by atoms with Crippen LogP contribution in [0, 0.1) is 0 Å². The Kier molecular flexibility index (Phi) is 9.24. The Morgan fingerprint density at radius 1 is 1.12 bits per heavy atom. The molecule has 0 aliphatic heterocycles. The number of ether oxygens (including phenoxy) is 2. The number of aryl methyl sites for hydroxylation is 1. The Morgan fingerprint density at radius 3 is 2.42 bits per heavy atom. The molecule has 0 aliphatic carbocycles. The van der Waals surface area contributed by atoms with Gasteiger partial charge in [0.15, 0.2) is 0 Å². The Bertz CT molecular complexity index is 989. The van der Waals surface area contributed by atoms with Gasteiger partial charge in [0.2, 0.25) is 5.88 Å². The lowest BCUT2D eigenvalue weighted by molar-refractivity contribution is 0.0156.